The van der Waals surface area contributed by atoms with Crippen LogP contribution in [0, 0.1) is 18.6 Å². The summed E-state index contributed by atoms with van der Waals surface area (Å²) in [4.78, 5) is 28.5. The minimum absolute atomic E-state index is 0.189. The van der Waals surface area contributed by atoms with Crippen LogP contribution >= 0.6 is 0 Å². The van der Waals surface area contributed by atoms with Crippen molar-refractivity contribution in [3.63, 3.8) is 0 Å². The minimum atomic E-state index is -1.04. The van der Waals surface area contributed by atoms with Crippen LogP contribution in [-0.2, 0) is 4.79 Å². The molecule has 0 bridgehead atoms. The van der Waals surface area contributed by atoms with Crippen LogP contribution in [0.1, 0.15) is 18.5 Å². The van der Waals surface area contributed by atoms with E-state index in [4.69, 9.17) is 0 Å². The van der Waals surface area contributed by atoms with Crippen molar-refractivity contribution in [3.05, 3.63) is 76.3 Å². The number of benzene rings is 2. The first-order valence-corrected chi connectivity index (χ1v) is 8.14. The van der Waals surface area contributed by atoms with Gasteiger partial charge in [-0.05, 0) is 26.0 Å². The lowest BCUT2D eigenvalue weighted by molar-refractivity contribution is -0.119. The van der Waals surface area contributed by atoms with Crippen molar-refractivity contribution in [1.82, 2.24) is 14.8 Å². The summed E-state index contributed by atoms with van der Waals surface area (Å²) in [5.74, 6) is -2.35. The topological polar surface area (TPSA) is 76.9 Å². The van der Waals surface area contributed by atoms with Crippen molar-refractivity contribution in [3.8, 4) is 11.3 Å². The van der Waals surface area contributed by atoms with E-state index in [1.54, 1.807) is 0 Å². The van der Waals surface area contributed by atoms with Crippen molar-refractivity contribution < 1.29 is 13.6 Å². The van der Waals surface area contributed by atoms with Crippen LogP contribution in [0.25, 0.3) is 11.3 Å². The molecule has 3 rings (SSSR count). The van der Waals surface area contributed by atoms with Gasteiger partial charge in [0.25, 0.3) is 0 Å². The van der Waals surface area contributed by atoms with E-state index in [1.807, 2.05) is 31.2 Å². The van der Waals surface area contributed by atoms with E-state index in [9.17, 15) is 18.4 Å². The Morgan fingerprint density at radius 2 is 1.85 bits per heavy atom. The highest BCUT2D eigenvalue weighted by atomic mass is 19.1. The molecule has 138 valence electrons. The number of carbonyl (C=O) groups is 1. The monoisotopic (exact) mass is 370 g/mol. The predicted octanol–water partition coefficient (Wildman–Crippen LogP) is 3.09. The molecular weight excluding hydrogens is 354 g/mol. The Labute approximate surface area is 153 Å². The molecule has 0 radical (unpaired) electrons. The molecule has 3 aromatic rings. The Bertz CT molecular complexity index is 1050. The summed E-state index contributed by atoms with van der Waals surface area (Å²) in [6.45, 7) is 3.37. The molecule has 0 aliphatic rings. The lowest BCUT2D eigenvalue weighted by atomic mass is 10.1. The van der Waals surface area contributed by atoms with Gasteiger partial charge < -0.3 is 5.32 Å². The molecule has 0 spiro atoms. The van der Waals surface area contributed by atoms with Gasteiger partial charge in [-0.3, -0.25) is 4.79 Å². The Kier molecular flexibility index (Phi) is 5.07. The highest BCUT2D eigenvalue weighted by Crippen LogP contribution is 2.17. The van der Waals surface area contributed by atoms with Crippen molar-refractivity contribution in [2.24, 2.45) is 0 Å². The highest BCUT2D eigenvalue weighted by Gasteiger charge is 2.20. The summed E-state index contributed by atoms with van der Waals surface area (Å²) in [6.07, 6.45) is 1.38. The van der Waals surface area contributed by atoms with Crippen LogP contribution in [0.2, 0.25) is 0 Å². The summed E-state index contributed by atoms with van der Waals surface area (Å²) in [5, 5.41) is 6.31. The number of anilines is 1. The number of hydrogen-bond acceptors (Lipinski definition) is 4. The highest BCUT2D eigenvalue weighted by molar-refractivity contribution is 5.93. The van der Waals surface area contributed by atoms with E-state index >= 15 is 0 Å². The fourth-order valence-corrected chi connectivity index (χ4v) is 2.42. The van der Waals surface area contributed by atoms with E-state index in [1.165, 1.54) is 13.1 Å². The number of aromatic nitrogens is 3. The Morgan fingerprint density at radius 1 is 1.15 bits per heavy atom. The number of nitrogens with one attached hydrogen (secondary N) is 1. The maximum absolute atomic E-state index is 13.7. The quantitative estimate of drug-likeness (QED) is 0.766. The first-order valence-electron chi connectivity index (χ1n) is 8.14. The average molecular weight is 370 g/mol. The summed E-state index contributed by atoms with van der Waals surface area (Å²) in [7, 11) is 0. The van der Waals surface area contributed by atoms with E-state index < -0.39 is 29.3 Å². The Morgan fingerprint density at radius 3 is 2.48 bits per heavy atom. The molecule has 1 heterocycles. The second kappa shape index (κ2) is 7.45. The molecular formula is C19H16F2N4O2. The van der Waals surface area contributed by atoms with Crippen LogP contribution in [-0.4, -0.2) is 20.7 Å². The number of aryl methyl sites for hydroxylation is 1. The zero-order valence-electron chi connectivity index (χ0n) is 14.6. The standard InChI is InChI=1S/C19H16F2N4O2/c1-11-3-5-13(6-4-11)17-10-22-25(19(27)24-17)12(2)18(26)23-16-8-7-14(20)9-15(16)21/h3-10,12H,1-2H3,(H,23,26)/t12-/m0/s1. The van der Waals surface area contributed by atoms with Gasteiger partial charge in [0.1, 0.15) is 17.7 Å². The van der Waals surface area contributed by atoms with Crippen LogP contribution in [0.5, 0.6) is 0 Å². The molecule has 27 heavy (non-hydrogen) atoms. The smallest absolute Gasteiger partial charge is 0.322 e. The van der Waals surface area contributed by atoms with Crippen LogP contribution in [0.4, 0.5) is 14.5 Å². The third-order valence-electron chi connectivity index (χ3n) is 4.00. The molecule has 1 aromatic heterocycles. The summed E-state index contributed by atoms with van der Waals surface area (Å²) in [6, 6.07) is 9.14. The first kappa shape index (κ1) is 18.4. The van der Waals surface area contributed by atoms with E-state index in [-0.39, 0.29) is 5.69 Å². The normalized spacial score (nSPS) is 11.9. The molecule has 0 aliphatic heterocycles. The van der Waals surface area contributed by atoms with Crippen molar-refractivity contribution >= 4 is 11.6 Å². The summed E-state index contributed by atoms with van der Waals surface area (Å²) >= 11 is 0. The minimum Gasteiger partial charge on any atom is -0.322 e. The fourth-order valence-electron chi connectivity index (χ4n) is 2.42. The molecule has 0 unspecified atom stereocenters. The van der Waals surface area contributed by atoms with Gasteiger partial charge in [0.2, 0.25) is 5.91 Å². The number of rotatable bonds is 4. The zero-order chi connectivity index (χ0) is 19.6. The molecule has 2 aromatic carbocycles. The molecule has 0 saturated heterocycles. The number of amides is 1. The van der Waals surface area contributed by atoms with Crippen LogP contribution in [0.3, 0.4) is 0 Å². The van der Waals surface area contributed by atoms with Gasteiger partial charge in [0, 0.05) is 11.6 Å². The predicted molar refractivity (Wildman–Crippen MR) is 96.2 cm³/mol. The molecule has 1 amide bonds. The first-order chi connectivity index (χ1) is 12.8. The van der Waals surface area contributed by atoms with Gasteiger partial charge in [0.05, 0.1) is 17.6 Å². The van der Waals surface area contributed by atoms with E-state index in [0.717, 1.165) is 27.9 Å². The average Bonchev–Trinajstić information content (AvgIpc) is 2.64. The van der Waals surface area contributed by atoms with Crippen molar-refractivity contribution in [1.29, 1.82) is 0 Å². The summed E-state index contributed by atoms with van der Waals surface area (Å²) < 4.78 is 27.5. The number of carbonyl (C=O) groups excluding carboxylic acids is 1. The molecule has 6 nitrogen and oxygen atoms in total. The second-order valence-electron chi connectivity index (χ2n) is 6.02. The van der Waals surface area contributed by atoms with E-state index in [0.29, 0.717) is 11.8 Å². The number of hydrogen-bond donors (Lipinski definition) is 1. The largest absolute Gasteiger partial charge is 0.365 e. The lowest BCUT2D eigenvalue weighted by Crippen LogP contribution is -2.35. The van der Waals surface area contributed by atoms with Crippen molar-refractivity contribution in [2.45, 2.75) is 19.9 Å². The third kappa shape index (κ3) is 4.05. The molecule has 0 fully saturated rings. The zero-order valence-corrected chi connectivity index (χ0v) is 14.6. The molecule has 8 heteroatoms. The second-order valence-corrected chi connectivity index (χ2v) is 6.02. The fraction of sp³-hybridized carbons (Fsp3) is 0.158. The maximum Gasteiger partial charge on any atom is 0.365 e. The van der Waals surface area contributed by atoms with Gasteiger partial charge in [-0.2, -0.15) is 10.1 Å². The van der Waals surface area contributed by atoms with Gasteiger partial charge in [-0.25, -0.2) is 18.3 Å². The van der Waals surface area contributed by atoms with Gasteiger partial charge in [0.15, 0.2) is 0 Å². The van der Waals surface area contributed by atoms with Gasteiger partial charge in [-0.1, -0.05) is 29.8 Å². The Hall–Kier alpha value is -3.42. The van der Waals surface area contributed by atoms with Gasteiger partial charge in [-0.15, -0.1) is 0 Å². The third-order valence-corrected chi connectivity index (χ3v) is 4.00. The lowest BCUT2D eigenvalue weighted by Gasteiger charge is -2.14. The van der Waals surface area contributed by atoms with Crippen LogP contribution < -0.4 is 11.0 Å². The summed E-state index contributed by atoms with van der Waals surface area (Å²) in [5.41, 5.74) is 1.27. The number of halogens is 2. The van der Waals surface area contributed by atoms with Crippen molar-refractivity contribution in [2.75, 3.05) is 5.32 Å². The molecule has 0 aliphatic carbocycles. The SMILES string of the molecule is Cc1ccc(-c2cnn([C@@H](C)C(=O)Nc3ccc(F)cc3F)c(=O)n2)cc1. The molecule has 1 atom stereocenters. The number of nitrogens with zero attached hydrogens (tertiary/aromatic N) is 3. The molecule has 0 saturated carbocycles. The Balaban J connectivity index is 1.81. The maximum atomic E-state index is 13.7. The van der Waals surface area contributed by atoms with Gasteiger partial charge >= 0.3 is 5.69 Å². The van der Waals surface area contributed by atoms with E-state index in [2.05, 4.69) is 15.4 Å². The van der Waals surface area contributed by atoms with Crippen LogP contribution in [0.15, 0.2) is 53.5 Å². The molecule has 1 N–H and O–H groups in total.